The van der Waals surface area contributed by atoms with E-state index in [9.17, 15) is 25.3 Å². The third kappa shape index (κ3) is 4.52. The van der Waals surface area contributed by atoms with Gasteiger partial charge >= 0.3 is 0 Å². The minimum Gasteiger partial charge on any atom is -0.865 e. The van der Waals surface area contributed by atoms with Crippen LogP contribution >= 0.6 is 0 Å². The van der Waals surface area contributed by atoms with Gasteiger partial charge in [-0.25, -0.2) is 0 Å². The second-order valence-electron chi connectivity index (χ2n) is 5.18. The maximum Gasteiger partial charge on any atom is 0.266 e. The number of nitro groups is 1. The number of methoxy groups -OCH3 is 2. The number of nitrogens with zero attached hydrogens (tertiary/aromatic N) is 2. The molecule has 9 nitrogen and oxygen atoms in total. The van der Waals surface area contributed by atoms with Crippen LogP contribution < -0.4 is 19.9 Å². The SMILES string of the molecule is COc1ccc(NC(=O)/C(C#N)=C/c2cc(OC)c([O-])c([N+](=O)[O-])c2)cc1. The van der Waals surface area contributed by atoms with Gasteiger partial charge in [-0.2, -0.15) is 5.26 Å². The van der Waals surface area contributed by atoms with Crippen LogP contribution in [0.3, 0.4) is 0 Å². The van der Waals surface area contributed by atoms with Crippen molar-refractivity contribution in [3.8, 4) is 23.3 Å². The Morgan fingerprint density at radius 2 is 1.89 bits per heavy atom. The Morgan fingerprint density at radius 3 is 2.41 bits per heavy atom. The molecular weight excluding hydrogens is 354 g/mol. The molecule has 0 saturated heterocycles. The Morgan fingerprint density at radius 1 is 1.22 bits per heavy atom. The number of nitrogens with one attached hydrogen (secondary N) is 1. The summed E-state index contributed by atoms with van der Waals surface area (Å²) in [6, 6.07) is 10.4. The normalized spacial score (nSPS) is 10.6. The molecule has 0 spiro atoms. The lowest BCUT2D eigenvalue weighted by Crippen LogP contribution is -2.13. The van der Waals surface area contributed by atoms with Crippen LogP contribution in [0.4, 0.5) is 11.4 Å². The second-order valence-corrected chi connectivity index (χ2v) is 5.18. The van der Waals surface area contributed by atoms with Gasteiger partial charge < -0.3 is 19.9 Å². The van der Waals surface area contributed by atoms with Gasteiger partial charge in [-0.05, 0) is 42.0 Å². The number of nitriles is 1. The quantitative estimate of drug-likeness (QED) is 0.357. The van der Waals surface area contributed by atoms with Crippen molar-refractivity contribution >= 4 is 23.4 Å². The molecule has 0 aromatic heterocycles. The second kappa shape index (κ2) is 8.35. The van der Waals surface area contributed by atoms with E-state index < -0.39 is 22.3 Å². The molecule has 0 unspecified atom stereocenters. The van der Waals surface area contributed by atoms with E-state index in [1.807, 2.05) is 0 Å². The van der Waals surface area contributed by atoms with Crippen LogP contribution in [-0.2, 0) is 4.79 Å². The predicted octanol–water partition coefficient (Wildman–Crippen LogP) is 2.23. The predicted molar refractivity (Wildman–Crippen MR) is 94.3 cm³/mol. The van der Waals surface area contributed by atoms with Crippen molar-refractivity contribution in [2.75, 3.05) is 19.5 Å². The van der Waals surface area contributed by atoms with E-state index in [0.717, 1.165) is 12.1 Å². The third-order valence-electron chi connectivity index (χ3n) is 3.50. The Bertz CT molecular complexity index is 945. The molecule has 1 N–H and O–H groups in total. The lowest BCUT2D eigenvalue weighted by atomic mass is 10.1. The van der Waals surface area contributed by atoms with Crippen molar-refractivity contribution in [1.29, 1.82) is 5.26 Å². The zero-order chi connectivity index (χ0) is 20.0. The summed E-state index contributed by atoms with van der Waals surface area (Å²) in [5.41, 5.74) is -0.478. The maximum atomic E-state index is 12.3. The zero-order valence-electron chi connectivity index (χ0n) is 14.4. The molecule has 0 aliphatic rings. The molecule has 2 aromatic rings. The van der Waals surface area contributed by atoms with Gasteiger partial charge in [-0.3, -0.25) is 14.9 Å². The minimum atomic E-state index is -0.888. The molecule has 9 heteroatoms. The van der Waals surface area contributed by atoms with Crippen LogP contribution in [0.2, 0.25) is 0 Å². The number of rotatable bonds is 6. The Labute approximate surface area is 154 Å². The van der Waals surface area contributed by atoms with Gasteiger partial charge in [0.2, 0.25) is 0 Å². The minimum absolute atomic E-state index is 0.111. The number of carbonyl (C=O) groups is 1. The van der Waals surface area contributed by atoms with Gasteiger partial charge in [-0.15, -0.1) is 0 Å². The highest BCUT2D eigenvalue weighted by Gasteiger charge is 2.15. The summed E-state index contributed by atoms with van der Waals surface area (Å²) in [7, 11) is 2.69. The van der Waals surface area contributed by atoms with Gasteiger partial charge in [-0.1, -0.05) is 0 Å². The number of hydrogen-bond acceptors (Lipinski definition) is 7. The number of anilines is 1. The molecular formula is C18H14N3O6-. The van der Waals surface area contributed by atoms with Gasteiger partial charge in [0, 0.05) is 17.5 Å². The molecule has 1 amide bonds. The van der Waals surface area contributed by atoms with Crippen molar-refractivity contribution in [3.63, 3.8) is 0 Å². The van der Waals surface area contributed by atoms with Crippen molar-refractivity contribution in [1.82, 2.24) is 0 Å². The van der Waals surface area contributed by atoms with E-state index in [1.54, 1.807) is 30.3 Å². The molecule has 2 aromatic carbocycles. The summed E-state index contributed by atoms with van der Waals surface area (Å²) in [5.74, 6) is -1.26. The first-order valence-electron chi connectivity index (χ1n) is 7.50. The summed E-state index contributed by atoms with van der Waals surface area (Å²) in [6.45, 7) is 0. The summed E-state index contributed by atoms with van der Waals surface area (Å²) in [6.07, 6.45) is 1.13. The molecule has 0 atom stereocenters. The van der Waals surface area contributed by atoms with Crippen molar-refractivity contribution in [2.45, 2.75) is 0 Å². The van der Waals surface area contributed by atoms with Crippen LogP contribution in [0.1, 0.15) is 5.56 Å². The van der Waals surface area contributed by atoms with Gasteiger partial charge in [0.05, 0.1) is 19.1 Å². The molecule has 0 aliphatic carbocycles. The molecule has 0 radical (unpaired) electrons. The fourth-order valence-corrected chi connectivity index (χ4v) is 2.17. The van der Waals surface area contributed by atoms with Crippen molar-refractivity contribution in [3.05, 3.63) is 57.6 Å². The molecule has 0 fully saturated rings. The maximum absolute atomic E-state index is 12.3. The fourth-order valence-electron chi connectivity index (χ4n) is 2.17. The Hall–Kier alpha value is -4.06. The largest absolute Gasteiger partial charge is 0.865 e. The summed E-state index contributed by atoms with van der Waals surface area (Å²) < 4.78 is 9.84. The molecule has 0 aliphatic heterocycles. The van der Waals surface area contributed by atoms with Gasteiger partial charge in [0.1, 0.15) is 23.1 Å². The molecule has 0 bridgehead atoms. The highest BCUT2D eigenvalue weighted by molar-refractivity contribution is 6.09. The first kappa shape index (κ1) is 19.3. The van der Waals surface area contributed by atoms with Gasteiger partial charge in [0.15, 0.2) is 0 Å². The molecule has 2 rings (SSSR count). The number of amides is 1. The van der Waals surface area contributed by atoms with Crippen LogP contribution in [0.15, 0.2) is 42.0 Å². The van der Waals surface area contributed by atoms with Crippen LogP contribution in [0, 0.1) is 21.4 Å². The number of hydrogen-bond donors (Lipinski definition) is 1. The lowest BCUT2D eigenvalue weighted by molar-refractivity contribution is -0.398. The number of benzene rings is 2. The molecule has 0 saturated carbocycles. The highest BCUT2D eigenvalue weighted by Crippen LogP contribution is 2.35. The molecule has 138 valence electrons. The Kier molecular flexibility index (Phi) is 5.96. The first-order valence-corrected chi connectivity index (χ1v) is 7.50. The van der Waals surface area contributed by atoms with E-state index in [4.69, 9.17) is 9.47 Å². The molecule has 0 heterocycles. The number of ether oxygens (including phenoxy) is 2. The van der Waals surface area contributed by atoms with Crippen LogP contribution in [0.25, 0.3) is 6.08 Å². The first-order chi connectivity index (χ1) is 12.9. The van der Waals surface area contributed by atoms with Crippen LogP contribution in [-0.4, -0.2) is 25.1 Å². The van der Waals surface area contributed by atoms with Crippen molar-refractivity contribution < 1.29 is 24.3 Å². The smallest absolute Gasteiger partial charge is 0.266 e. The lowest BCUT2D eigenvalue weighted by Gasteiger charge is -2.13. The Balaban J connectivity index is 2.34. The topological polar surface area (TPSA) is 138 Å². The van der Waals surface area contributed by atoms with Crippen molar-refractivity contribution in [2.24, 2.45) is 0 Å². The van der Waals surface area contributed by atoms with E-state index in [1.165, 1.54) is 20.3 Å². The number of nitro benzene ring substituents is 1. The zero-order valence-corrected chi connectivity index (χ0v) is 14.4. The van der Waals surface area contributed by atoms with E-state index >= 15 is 0 Å². The fraction of sp³-hybridized carbons (Fsp3) is 0.111. The summed E-state index contributed by atoms with van der Waals surface area (Å²) in [4.78, 5) is 22.4. The average Bonchev–Trinajstić information content (AvgIpc) is 2.67. The van der Waals surface area contributed by atoms with Crippen LogP contribution in [0.5, 0.6) is 17.2 Å². The standard InChI is InChI=1S/C18H15N3O6/c1-26-14-5-3-13(4-6-14)20-18(23)12(10-19)7-11-8-15(21(24)25)17(22)16(9-11)27-2/h3-9,22H,1-2H3,(H,20,23)/p-1/b12-7+. The highest BCUT2D eigenvalue weighted by atomic mass is 16.6. The summed E-state index contributed by atoms with van der Waals surface area (Å²) in [5, 5.41) is 34.6. The monoisotopic (exact) mass is 368 g/mol. The number of carbonyl (C=O) groups excluding carboxylic acids is 1. The van der Waals surface area contributed by atoms with E-state index in [0.29, 0.717) is 11.4 Å². The van der Waals surface area contributed by atoms with E-state index in [-0.39, 0.29) is 16.9 Å². The molecule has 27 heavy (non-hydrogen) atoms. The average molecular weight is 368 g/mol. The van der Waals surface area contributed by atoms with E-state index in [2.05, 4.69) is 5.32 Å². The van der Waals surface area contributed by atoms with Gasteiger partial charge in [0.25, 0.3) is 11.6 Å². The third-order valence-corrected chi connectivity index (χ3v) is 3.50. The summed E-state index contributed by atoms with van der Waals surface area (Å²) >= 11 is 0.